The Bertz CT molecular complexity index is 1310. The summed E-state index contributed by atoms with van der Waals surface area (Å²) < 4.78 is 5.55. The molecule has 1 aromatic heterocycles. The Hall–Kier alpha value is -4.26. The molecule has 4 aromatic rings. The van der Waals surface area contributed by atoms with E-state index in [1.807, 2.05) is 54.3 Å². The van der Waals surface area contributed by atoms with E-state index >= 15 is 0 Å². The summed E-state index contributed by atoms with van der Waals surface area (Å²) in [6, 6.07) is 24.1. The van der Waals surface area contributed by atoms with Crippen LogP contribution in [0.3, 0.4) is 0 Å². The maximum atomic E-state index is 13.0. The van der Waals surface area contributed by atoms with E-state index < -0.39 is 0 Å². The van der Waals surface area contributed by atoms with E-state index in [1.165, 1.54) is 5.56 Å². The molecular formula is C28H26N4O3. The number of aryl methyl sites for hydroxylation is 1. The molecule has 0 bridgehead atoms. The highest BCUT2D eigenvalue weighted by Gasteiger charge is 2.28. The van der Waals surface area contributed by atoms with Crippen LogP contribution < -0.4 is 5.32 Å². The number of nitrogens with one attached hydrogen (secondary N) is 1. The lowest BCUT2D eigenvalue weighted by Gasteiger charge is -2.30. The molecule has 0 spiro atoms. The van der Waals surface area contributed by atoms with Crippen LogP contribution >= 0.6 is 0 Å². The number of benzene rings is 3. The second kappa shape index (κ2) is 9.93. The van der Waals surface area contributed by atoms with Crippen molar-refractivity contribution in [2.45, 2.75) is 25.7 Å². The lowest BCUT2D eigenvalue weighted by molar-refractivity contribution is 0.0704. The first-order valence-electron chi connectivity index (χ1n) is 11.7. The minimum Gasteiger partial charge on any atom is -0.339 e. The number of carbonyl (C=O) groups is 2. The molecule has 0 atom stereocenters. The average molecular weight is 467 g/mol. The number of piperidine rings is 1. The molecule has 0 radical (unpaired) electrons. The lowest BCUT2D eigenvalue weighted by Crippen LogP contribution is -2.38. The number of hydrogen-bond acceptors (Lipinski definition) is 5. The van der Waals surface area contributed by atoms with Gasteiger partial charge in [0.2, 0.25) is 11.7 Å². The van der Waals surface area contributed by atoms with Gasteiger partial charge in [0.25, 0.3) is 11.8 Å². The number of likely N-dealkylation sites (tertiary alicyclic amines) is 1. The molecule has 1 fully saturated rings. The minimum absolute atomic E-state index is 0.0183. The summed E-state index contributed by atoms with van der Waals surface area (Å²) in [6.07, 6.45) is 1.54. The van der Waals surface area contributed by atoms with Crippen molar-refractivity contribution in [2.24, 2.45) is 0 Å². The van der Waals surface area contributed by atoms with Crippen molar-refractivity contribution in [2.75, 3.05) is 18.4 Å². The number of carbonyl (C=O) groups excluding carboxylic acids is 2. The van der Waals surface area contributed by atoms with Crippen molar-refractivity contribution >= 4 is 17.5 Å². The van der Waals surface area contributed by atoms with E-state index in [0.29, 0.717) is 41.6 Å². The van der Waals surface area contributed by atoms with Gasteiger partial charge in [-0.1, -0.05) is 53.2 Å². The number of nitrogens with zero attached hydrogens (tertiary/aromatic N) is 3. The summed E-state index contributed by atoms with van der Waals surface area (Å²) in [5, 5.41) is 7.00. The van der Waals surface area contributed by atoms with Crippen molar-refractivity contribution in [1.82, 2.24) is 15.0 Å². The monoisotopic (exact) mass is 466 g/mol. The van der Waals surface area contributed by atoms with E-state index in [2.05, 4.69) is 15.5 Å². The largest absolute Gasteiger partial charge is 0.339 e. The van der Waals surface area contributed by atoms with Gasteiger partial charge in [-0.05, 0) is 56.2 Å². The highest BCUT2D eigenvalue weighted by atomic mass is 16.5. The van der Waals surface area contributed by atoms with Gasteiger partial charge >= 0.3 is 0 Å². The SMILES string of the molecule is Cc1ccc(-c2noc(C3CCN(C(=O)c4ccc(NC(=O)c5ccccc5)cc4)CC3)n2)cc1. The predicted molar refractivity (Wildman–Crippen MR) is 133 cm³/mol. The molecule has 176 valence electrons. The fourth-order valence-electron chi connectivity index (χ4n) is 4.22. The zero-order chi connectivity index (χ0) is 24.2. The highest BCUT2D eigenvalue weighted by molar-refractivity contribution is 6.04. The third-order valence-corrected chi connectivity index (χ3v) is 6.31. The first-order chi connectivity index (χ1) is 17.1. The molecule has 5 rings (SSSR count). The molecule has 1 aliphatic rings. The second-order valence-electron chi connectivity index (χ2n) is 8.79. The van der Waals surface area contributed by atoms with Gasteiger partial charge in [-0.2, -0.15) is 4.98 Å². The zero-order valence-corrected chi connectivity index (χ0v) is 19.5. The Balaban J connectivity index is 1.16. The van der Waals surface area contributed by atoms with Crippen LogP contribution in [0.15, 0.2) is 83.4 Å². The smallest absolute Gasteiger partial charge is 0.255 e. The van der Waals surface area contributed by atoms with Gasteiger partial charge in [-0.15, -0.1) is 0 Å². The van der Waals surface area contributed by atoms with Crippen LogP contribution in [0.5, 0.6) is 0 Å². The summed E-state index contributed by atoms with van der Waals surface area (Å²) >= 11 is 0. The van der Waals surface area contributed by atoms with Crippen molar-refractivity contribution in [3.05, 3.63) is 101 Å². The molecule has 1 saturated heterocycles. The summed E-state index contributed by atoms with van der Waals surface area (Å²) in [7, 11) is 0. The maximum absolute atomic E-state index is 13.0. The highest BCUT2D eigenvalue weighted by Crippen LogP contribution is 2.29. The molecule has 1 N–H and O–H groups in total. The quantitative estimate of drug-likeness (QED) is 0.430. The van der Waals surface area contributed by atoms with E-state index in [1.54, 1.807) is 36.4 Å². The topological polar surface area (TPSA) is 88.3 Å². The standard InChI is InChI=1S/C28H26N4O3/c1-19-7-9-20(10-8-19)25-30-27(35-31-25)22-15-17-32(18-16-22)28(34)23-11-13-24(14-12-23)29-26(33)21-5-3-2-4-6-21/h2-14,22H,15-18H2,1H3,(H,29,33). The molecule has 7 heteroatoms. The zero-order valence-electron chi connectivity index (χ0n) is 19.5. The molecule has 35 heavy (non-hydrogen) atoms. The van der Waals surface area contributed by atoms with Crippen LogP contribution in [0.1, 0.15) is 50.9 Å². The van der Waals surface area contributed by atoms with Gasteiger partial charge in [0.1, 0.15) is 0 Å². The fourth-order valence-corrected chi connectivity index (χ4v) is 4.22. The molecule has 7 nitrogen and oxygen atoms in total. The third-order valence-electron chi connectivity index (χ3n) is 6.31. The van der Waals surface area contributed by atoms with Crippen LogP contribution in [0.4, 0.5) is 5.69 Å². The number of anilines is 1. The molecule has 3 aromatic carbocycles. The summed E-state index contributed by atoms with van der Waals surface area (Å²) in [5.74, 6) is 1.17. The molecule has 2 heterocycles. The normalized spacial score (nSPS) is 14.0. The number of amides is 2. The minimum atomic E-state index is -0.182. The average Bonchev–Trinajstić information content (AvgIpc) is 3.40. The van der Waals surface area contributed by atoms with Crippen LogP contribution in [0, 0.1) is 6.92 Å². The van der Waals surface area contributed by atoms with Crippen molar-refractivity contribution in [3.63, 3.8) is 0 Å². The van der Waals surface area contributed by atoms with Crippen LogP contribution in [-0.2, 0) is 0 Å². The predicted octanol–water partition coefficient (Wildman–Crippen LogP) is 5.32. The molecule has 0 unspecified atom stereocenters. The number of aromatic nitrogens is 2. The van der Waals surface area contributed by atoms with Crippen molar-refractivity contribution in [1.29, 1.82) is 0 Å². The Labute approximate surface area is 203 Å². The maximum Gasteiger partial charge on any atom is 0.255 e. The van der Waals surface area contributed by atoms with Crippen molar-refractivity contribution in [3.8, 4) is 11.4 Å². The van der Waals surface area contributed by atoms with Gasteiger partial charge < -0.3 is 14.7 Å². The fraction of sp³-hybridized carbons (Fsp3) is 0.214. The number of rotatable bonds is 5. The van der Waals surface area contributed by atoms with Crippen LogP contribution in [0.25, 0.3) is 11.4 Å². The van der Waals surface area contributed by atoms with E-state index in [0.717, 1.165) is 18.4 Å². The molecule has 2 amide bonds. The third kappa shape index (κ3) is 5.14. The van der Waals surface area contributed by atoms with Crippen molar-refractivity contribution < 1.29 is 14.1 Å². The van der Waals surface area contributed by atoms with Gasteiger partial charge in [-0.25, -0.2) is 0 Å². The summed E-state index contributed by atoms with van der Waals surface area (Å²) in [4.78, 5) is 31.8. The second-order valence-corrected chi connectivity index (χ2v) is 8.79. The molecular weight excluding hydrogens is 440 g/mol. The van der Waals surface area contributed by atoms with E-state index in [4.69, 9.17) is 4.52 Å². The summed E-state index contributed by atoms with van der Waals surface area (Å²) in [5.41, 5.74) is 3.95. The van der Waals surface area contributed by atoms with Gasteiger partial charge in [0, 0.05) is 41.4 Å². The molecule has 1 aliphatic heterocycles. The van der Waals surface area contributed by atoms with E-state index in [9.17, 15) is 9.59 Å². The Morgan fingerprint density at radius 3 is 2.26 bits per heavy atom. The lowest BCUT2D eigenvalue weighted by atomic mass is 9.96. The van der Waals surface area contributed by atoms with Gasteiger partial charge in [-0.3, -0.25) is 9.59 Å². The van der Waals surface area contributed by atoms with Gasteiger partial charge in [0.05, 0.1) is 0 Å². The number of hydrogen-bond donors (Lipinski definition) is 1. The summed E-state index contributed by atoms with van der Waals surface area (Å²) in [6.45, 7) is 3.29. The Morgan fingerprint density at radius 2 is 1.57 bits per heavy atom. The first kappa shape index (κ1) is 22.5. The Kier molecular flexibility index (Phi) is 6.39. The molecule has 0 aliphatic carbocycles. The Morgan fingerprint density at radius 1 is 0.886 bits per heavy atom. The molecule has 0 saturated carbocycles. The van der Waals surface area contributed by atoms with Gasteiger partial charge in [0.15, 0.2) is 0 Å². The first-order valence-corrected chi connectivity index (χ1v) is 11.7. The van der Waals surface area contributed by atoms with E-state index in [-0.39, 0.29) is 17.7 Å². The van der Waals surface area contributed by atoms with Crippen LogP contribution in [-0.4, -0.2) is 39.9 Å². The van der Waals surface area contributed by atoms with Crippen LogP contribution in [0.2, 0.25) is 0 Å².